The summed E-state index contributed by atoms with van der Waals surface area (Å²) in [5.74, 6) is -0.390. The number of rotatable bonds is 5. The summed E-state index contributed by atoms with van der Waals surface area (Å²) in [6.45, 7) is 0. The fourth-order valence-corrected chi connectivity index (χ4v) is 3.32. The van der Waals surface area contributed by atoms with Crippen molar-refractivity contribution in [2.24, 2.45) is 0 Å². The Morgan fingerprint density at radius 3 is 2.59 bits per heavy atom. The fourth-order valence-electron chi connectivity index (χ4n) is 2.70. The molecule has 2 amide bonds. The van der Waals surface area contributed by atoms with E-state index in [1.807, 2.05) is 35.7 Å². The zero-order chi connectivity index (χ0) is 18.6. The van der Waals surface area contributed by atoms with Crippen molar-refractivity contribution in [2.75, 3.05) is 10.6 Å². The molecule has 2 N–H and O–H groups in total. The first kappa shape index (κ1) is 17.0. The molecule has 134 valence electrons. The molecule has 0 unspecified atom stereocenters. The maximum Gasteiger partial charge on any atom is 0.265 e. The summed E-state index contributed by atoms with van der Waals surface area (Å²) in [4.78, 5) is 25.1. The molecule has 0 fully saturated rings. The predicted octanol–water partition coefficient (Wildman–Crippen LogP) is 4.32. The van der Waals surface area contributed by atoms with Crippen molar-refractivity contribution < 1.29 is 14.1 Å². The van der Waals surface area contributed by atoms with E-state index in [0.717, 1.165) is 5.39 Å². The Morgan fingerprint density at radius 2 is 1.78 bits per heavy atom. The molecular weight excluding hydrogens is 362 g/mol. The average molecular weight is 377 g/mol. The minimum absolute atomic E-state index is 0.1000. The van der Waals surface area contributed by atoms with E-state index >= 15 is 0 Å². The summed E-state index contributed by atoms with van der Waals surface area (Å²) in [6, 6.07) is 18.0. The first-order valence-corrected chi connectivity index (χ1v) is 9.15. The van der Waals surface area contributed by atoms with Crippen LogP contribution in [0.25, 0.3) is 11.0 Å². The topological polar surface area (TPSA) is 84.2 Å². The Hall–Kier alpha value is -3.45. The van der Waals surface area contributed by atoms with Crippen molar-refractivity contribution in [1.82, 2.24) is 5.16 Å². The van der Waals surface area contributed by atoms with Crippen LogP contribution in [-0.4, -0.2) is 17.0 Å². The lowest BCUT2D eigenvalue weighted by Gasteiger charge is -2.08. The summed E-state index contributed by atoms with van der Waals surface area (Å²) < 4.78 is 5.22. The van der Waals surface area contributed by atoms with Crippen LogP contribution in [0, 0.1) is 0 Å². The van der Waals surface area contributed by atoms with E-state index in [9.17, 15) is 9.59 Å². The molecule has 0 radical (unpaired) electrons. The molecule has 0 saturated heterocycles. The second kappa shape index (κ2) is 7.43. The predicted molar refractivity (Wildman–Crippen MR) is 105 cm³/mol. The van der Waals surface area contributed by atoms with Gasteiger partial charge in [0.1, 0.15) is 5.69 Å². The number of carbonyl (C=O) groups is 2. The van der Waals surface area contributed by atoms with Crippen LogP contribution in [0.1, 0.15) is 15.4 Å². The van der Waals surface area contributed by atoms with Gasteiger partial charge >= 0.3 is 0 Å². The van der Waals surface area contributed by atoms with Crippen LogP contribution in [0.4, 0.5) is 11.4 Å². The van der Waals surface area contributed by atoms with E-state index in [-0.39, 0.29) is 18.2 Å². The van der Waals surface area contributed by atoms with Gasteiger partial charge in [-0.2, -0.15) is 0 Å². The first-order chi connectivity index (χ1) is 13.2. The number of carbonyl (C=O) groups excluding carboxylic acids is 2. The number of thiophene rings is 1. The van der Waals surface area contributed by atoms with E-state index < -0.39 is 0 Å². The highest BCUT2D eigenvalue weighted by atomic mass is 32.1. The number of para-hydroxylation sites is 1. The van der Waals surface area contributed by atoms with Gasteiger partial charge in [-0.05, 0) is 41.8 Å². The van der Waals surface area contributed by atoms with Crippen molar-refractivity contribution in [3.05, 3.63) is 76.6 Å². The molecule has 4 rings (SSSR count). The van der Waals surface area contributed by atoms with Gasteiger partial charge in [-0.25, -0.2) is 0 Å². The van der Waals surface area contributed by atoms with E-state index in [4.69, 9.17) is 4.52 Å². The Morgan fingerprint density at radius 1 is 0.963 bits per heavy atom. The Balaban J connectivity index is 1.43. The van der Waals surface area contributed by atoms with Gasteiger partial charge in [-0.15, -0.1) is 11.3 Å². The number of hydrogen-bond acceptors (Lipinski definition) is 5. The van der Waals surface area contributed by atoms with E-state index in [1.165, 1.54) is 11.3 Å². The summed E-state index contributed by atoms with van der Waals surface area (Å²) in [6.07, 6.45) is 0.1000. The highest BCUT2D eigenvalue weighted by Crippen LogP contribution is 2.20. The summed E-state index contributed by atoms with van der Waals surface area (Å²) in [7, 11) is 0. The SMILES string of the molecule is O=C(Cc1noc2ccccc12)Nc1cccc(NC(=O)c2cccs2)c1. The molecule has 2 heterocycles. The van der Waals surface area contributed by atoms with Crippen molar-refractivity contribution in [2.45, 2.75) is 6.42 Å². The zero-order valence-electron chi connectivity index (χ0n) is 14.1. The molecule has 0 bridgehead atoms. The van der Waals surface area contributed by atoms with Crippen LogP contribution >= 0.6 is 11.3 Å². The van der Waals surface area contributed by atoms with Crippen LogP contribution in [-0.2, 0) is 11.2 Å². The van der Waals surface area contributed by atoms with Gasteiger partial charge in [0.25, 0.3) is 5.91 Å². The van der Waals surface area contributed by atoms with Gasteiger partial charge in [0, 0.05) is 16.8 Å². The van der Waals surface area contributed by atoms with Crippen LogP contribution < -0.4 is 10.6 Å². The molecule has 0 aliphatic carbocycles. The van der Waals surface area contributed by atoms with Crippen LogP contribution in [0.5, 0.6) is 0 Å². The van der Waals surface area contributed by atoms with Crippen molar-refractivity contribution in [3.63, 3.8) is 0 Å². The molecule has 4 aromatic rings. The first-order valence-electron chi connectivity index (χ1n) is 8.27. The third-order valence-electron chi connectivity index (χ3n) is 3.93. The highest BCUT2D eigenvalue weighted by Gasteiger charge is 2.13. The lowest BCUT2D eigenvalue weighted by molar-refractivity contribution is -0.115. The number of nitrogens with zero attached hydrogens (tertiary/aromatic N) is 1. The van der Waals surface area contributed by atoms with Crippen LogP contribution in [0.2, 0.25) is 0 Å². The van der Waals surface area contributed by atoms with Gasteiger partial charge in [-0.1, -0.05) is 29.4 Å². The van der Waals surface area contributed by atoms with Gasteiger partial charge < -0.3 is 15.2 Å². The number of aromatic nitrogens is 1. The third-order valence-corrected chi connectivity index (χ3v) is 4.80. The van der Waals surface area contributed by atoms with Crippen LogP contribution in [0.3, 0.4) is 0 Å². The summed E-state index contributed by atoms with van der Waals surface area (Å²) >= 11 is 1.37. The number of nitrogens with one attached hydrogen (secondary N) is 2. The lowest BCUT2D eigenvalue weighted by Crippen LogP contribution is -2.15. The normalized spacial score (nSPS) is 10.7. The number of hydrogen-bond donors (Lipinski definition) is 2. The zero-order valence-corrected chi connectivity index (χ0v) is 15.0. The fraction of sp³-hybridized carbons (Fsp3) is 0.0500. The molecule has 7 heteroatoms. The summed E-state index contributed by atoms with van der Waals surface area (Å²) in [5.41, 5.74) is 2.44. The van der Waals surface area contributed by atoms with Gasteiger partial charge in [-0.3, -0.25) is 9.59 Å². The lowest BCUT2D eigenvalue weighted by atomic mass is 10.1. The number of benzene rings is 2. The second-order valence-electron chi connectivity index (χ2n) is 5.86. The van der Waals surface area contributed by atoms with Crippen molar-refractivity contribution in [1.29, 1.82) is 0 Å². The number of anilines is 2. The Labute approximate surface area is 158 Å². The maximum atomic E-state index is 12.4. The van der Waals surface area contributed by atoms with E-state index in [2.05, 4.69) is 15.8 Å². The molecule has 0 aliphatic rings. The molecule has 0 atom stereocenters. The molecule has 0 aliphatic heterocycles. The average Bonchev–Trinajstić information content (AvgIpc) is 3.33. The smallest absolute Gasteiger partial charge is 0.265 e. The molecule has 2 aromatic heterocycles. The van der Waals surface area contributed by atoms with Crippen molar-refractivity contribution >= 4 is 45.5 Å². The molecule has 2 aromatic carbocycles. The summed E-state index contributed by atoms with van der Waals surface area (Å²) in [5, 5.41) is 12.3. The molecule has 0 spiro atoms. The van der Waals surface area contributed by atoms with Crippen LogP contribution in [0.15, 0.2) is 70.6 Å². The van der Waals surface area contributed by atoms with Crippen molar-refractivity contribution in [3.8, 4) is 0 Å². The largest absolute Gasteiger partial charge is 0.356 e. The molecule has 0 saturated carbocycles. The minimum atomic E-state index is -0.212. The molecule has 27 heavy (non-hydrogen) atoms. The van der Waals surface area contributed by atoms with Gasteiger partial charge in [0.15, 0.2) is 5.58 Å². The highest BCUT2D eigenvalue weighted by molar-refractivity contribution is 7.12. The van der Waals surface area contributed by atoms with E-state index in [0.29, 0.717) is 27.5 Å². The van der Waals surface area contributed by atoms with Gasteiger partial charge in [0.05, 0.1) is 11.3 Å². The van der Waals surface area contributed by atoms with Gasteiger partial charge in [0.2, 0.25) is 5.91 Å². The number of fused-ring (bicyclic) bond motifs is 1. The monoisotopic (exact) mass is 377 g/mol. The molecular formula is C20H15N3O3S. The number of amides is 2. The minimum Gasteiger partial charge on any atom is -0.356 e. The van der Waals surface area contributed by atoms with E-state index in [1.54, 1.807) is 30.3 Å². The molecule has 6 nitrogen and oxygen atoms in total. The maximum absolute atomic E-state index is 12.4. The standard InChI is InChI=1S/C20H15N3O3S/c24-19(12-16-15-7-1-2-8-17(15)26-23-16)21-13-5-3-6-14(11-13)22-20(25)18-9-4-10-27-18/h1-11H,12H2,(H,21,24)(H,22,25). The quantitative estimate of drug-likeness (QED) is 0.542. The second-order valence-corrected chi connectivity index (χ2v) is 6.81. The third kappa shape index (κ3) is 3.88. The Bertz CT molecular complexity index is 1100. The Kier molecular flexibility index (Phi) is 4.67.